The fourth-order valence-electron chi connectivity index (χ4n) is 4.24. The molecule has 2 aromatic carbocycles. The van der Waals surface area contributed by atoms with Gasteiger partial charge in [0.15, 0.2) is 11.6 Å². The van der Waals surface area contributed by atoms with Crippen LogP contribution >= 0.6 is 11.3 Å². The number of imide groups is 1. The predicted octanol–water partition coefficient (Wildman–Crippen LogP) is 4.06. The summed E-state index contributed by atoms with van der Waals surface area (Å²) in [5, 5.41) is 8.84. The summed E-state index contributed by atoms with van der Waals surface area (Å²) in [6, 6.07) is 12.8. The van der Waals surface area contributed by atoms with Crippen LogP contribution in [0.1, 0.15) is 36.0 Å². The number of aromatic nitrogens is 2. The first-order valence-electron chi connectivity index (χ1n) is 11.1. The molecule has 5 rings (SSSR count). The summed E-state index contributed by atoms with van der Waals surface area (Å²) >= 11 is 1.24. The van der Waals surface area contributed by atoms with E-state index in [2.05, 4.69) is 10.4 Å². The monoisotopic (exact) mass is 506 g/mol. The fraction of sp³-hybridized carbons (Fsp3) is 0.154. The second-order valence-corrected chi connectivity index (χ2v) is 9.34. The number of hydrogen-bond acceptors (Lipinski definition) is 5. The molecule has 4 aromatic rings. The van der Waals surface area contributed by atoms with Gasteiger partial charge in [0.2, 0.25) is 0 Å². The van der Waals surface area contributed by atoms with Crippen LogP contribution in [0.5, 0.6) is 0 Å². The van der Waals surface area contributed by atoms with Crippen molar-refractivity contribution in [2.45, 2.75) is 12.5 Å². The Kier molecular flexibility index (Phi) is 6.19. The maximum absolute atomic E-state index is 13.8. The Morgan fingerprint density at radius 3 is 2.39 bits per heavy atom. The molecule has 182 valence electrons. The van der Waals surface area contributed by atoms with Crippen molar-refractivity contribution in [3.63, 3.8) is 0 Å². The molecule has 7 nitrogen and oxygen atoms in total. The van der Waals surface area contributed by atoms with Gasteiger partial charge in [-0.15, -0.1) is 11.3 Å². The summed E-state index contributed by atoms with van der Waals surface area (Å²) in [6.07, 6.45) is 1.74. The van der Waals surface area contributed by atoms with E-state index in [1.165, 1.54) is 17.4 Å². The van der Waals surface area contributed by atoms with Crippen molar-refractivity contribution in [1.29, 1.82) is 0 Å². The summed E-state index contributed by atoms with van der Waals surface area (Å²) in [5.41, 5.74) is 2.66. The number of nitrogens with zero attached hydrogens (tertiary/aromatic N) is 3. The lowest BCUT2D eigenvalue weighted by Crippen LogP contribution is -2.46. The fourth-order valence-corrected chi connectivity index (χ4v) is 5.04. The predicted molar refractivity (Wildman–Crippen MR) is 130 cm³/mol. The van der Waals surface area contributed by atoms with Gasteiger partial charge in [0.25, 0.3) is 17.7 Å². The van der Waals surface area contributed by atoms with Gasteiger partial charge in [0, 0.05) is 30.7 Å². The molecule has 10 heteroatoms. The Labute approximate surface area is 209 Å². The van der Waals surface area contributed by atoms with E-state index in [1.54, 1.807) is 48.3 Å². The van der Waals surface area contributed by atoms with Gasteiger partial charge in [-0.25, -0.2) is 8.78 Å². The van der Waals surface area contributed by atoms with Gasteiger partial charge in [0.1, 0.15) is 0 Å². The summed E-state index contributed by atoms with van der Waals surface area (Å²) in [6.45, 7) is -0.128. The van der Waals surface area contributed by atoms with E-state index in [1.807, 2.05) is 11.4 Å². The number of halogens is 2. The SMILES string of the molecule is Cn1nccc1-c1csc(C(=O)N[C@@H](Cc2ccc(F)c(F)c2)CN2C(=O)c3ccccc3C2=O)c1. The zero-order valence-electron chi connectivity index (χ0n) is 19.1. The molecule has 0 bridgehead atoms. The van der Waals surface area contributed by atoms with Crippen molar-refractivity contribution in [3.05, 3.63) is 99.4 Å². The minimum Gasteiger partial charge on any atom is -0.346 e. The molecular formula is C26H20F2N4O3S. The molecule has 36 heavy (non-hydrogen) atoms. The minimum absolute atomic E-state index is 0.0797. The summed E-state index contributed by atoms with van der Waals surface area (Å²) in [7, 11) is 1.80. The maximum Gasteiger partial charge on any atom is 0.261 e. The van der Waals surface area contributed by atoms with Gasteiger partial charge in [-0.3, -0.25) is 24.0 Å². The number of aryl methyl sites for hydroxylation is 1. The molecule has 3 amide bonds. The quantitative estimate of drug-likeness (QED) is 0.383. The summed E-state index contributed by atoms with van der Waals surface area (Å²) < 4.78 is 29.0. The van der Waals surface area contributed by atoms with Crippen LogP contribution in [-0.2, 0) is 13.5 Å². The van der Waals surface area contributed by atoms with Crippen LogP contribution in [0.3, 0.4) is 0 Å². The molecule has 2 aromatic heterocycles. The van der Waals surface area contributed by atoms with Gasteiger partial charge < -0.3 is 5.32 Å². The topological polar surface area (TPSA) is 84.3 Å². The second-order valence-electron chi connectivity index (χ2n) is 8.43. The average Bonchev–Trinajstić information content (AvgIpc) is 3.57. The highest BCUT2D eigenvalue weighted by atomic mass is 32.1. The third-order valence-corrected chi connectivity index (χ3v) is 6.95. The molecule has 0 saturated heterocycles. The highest BCUT2D eigenvalue weighted by Gasteiger charge is 2.36. The van der Waals surface area contributed by atoms with E-state index in [-0.39, 0.29) is 13.0 Å². The van der Waals surface area contributed by atoms with Crippen molar-refractivity contribution in [2.24, 2.45) is 7.05 Å². The molecule has 1 atom stereocenters. The minimum atomic E-state index is -1.02. The molecule has 1 N–H and O–H groups in total. The summed E-state index contributed by atoms with van der Waals surface area (Å²) in [5.74, 6) is -3.33. The lowest BCUT2D eigenvalue weighted by Gasteiger charge is -2.24. The number of carbonyl (C=O) groups is 3. The molecule has 1 aliphatic rings. The number of amides is 3. The smallest absolute Gasteiger partial charge is 0.261 e. The number of rotatable bonds is 7. The van der Waals surface area contributed by atoms with Crippen LogP contribution in [0.2, 0.25) is 0 Å². The first kappa shape index (κ1) is 23.6. The van der Waals surface area contributed by atoms with Gasteiger partial charge in [-0.2, -0.15) is 5.10 Å². The Bertz CT molecular complexity index is 1460. The third kappa shape index (κ3) is 4.42. The zero-order valence-corrected chi connectivity index (χ0v) is 19.9. The lowest BCUT2D eigenvalue weighted by molar-refractivity contribution is 0.0629. The van der Waals surface area contributed by atoms with E-state index in [0.717, 1.165) is 28.3 Å². The van der Waals surface area contributed by atoms with Gasteiger partial charge in [-0.05, 0) is 48.4 Å². The Hall–Kier alpha value is -4.18. The van der Waals surface area contributed by atoms with Gasteiger partial charge >= 0.3 is 0 Å². The maximum atomic E-state index is 13.8. The largest absolute Gasteiger partial charge is 0.346 e. The second kappa shape index (κ2) is 9.46. The van der Waals surface area contributed by atoms with E-state index < -0.39 is 35.4 Å². The van der Waals surface area contributed by atoms with E-state index in [4.69, 9.17) is 0 Å². The van der Waals surface area contributed by atoms with Crippen molar-refractivity contribution in [3.8, 4) is 11.3 Å². The van der Waals surface area contributed by atoms with Gasteiger partial charge in [0.05, 0.1) is 27.7 Å². The Morgan fingerprint density at radius 2 is 1.75 bits per heavy atom. The zero-order chi connectivity index (χ0) is 25.4. The molecule has 0 spiro atoms. The Morgan fingerprint density at radius 1 is 1.03 bits per heavy atom. The van der Waals surface area contributed by atoms with Crippen LogP contribution < -0.4 is 5.32 Å². The molecule has 0 fully saturated rings. The molecule has 0 saturated carbocycles. The van der Waals surface area contributed by atoms with E-state index in [9.17, 15) is 23.2 Å². The normalized spacial score (nSPS) is 13.7. The van der Waals surface area contributed by atoms with Crippen molar-refractivity contribution >= 4 is 29.1 Å². The first-order chi connectivity index (χ1) is 17.3. The van der Waals surface area contributed by atoms with Crippen LogP contribution in [0.15, 0.2) is 66.2 Å². The average molecular weight is 507 g/mol. The van der Waals surface area contributed by atoms with E-state index >= 15 is 0 Å². The van der Waals surface area contributed by atoms with Crippen LogP contribution in [-0.4, -0.2) is 45.0 Å². The number of benzene rings is 2. The standard InChI is InChI=1S/C26H20F2N4O3S/c1-31-22(8-9-29-31)16-12-23(36-14-16)24(33)30-17(10-15-6-7-20(27)21(28)11-15)13-32-25(34)18-4-2-3-5-19(18)26(32)35/h2-9,11-12,14,17H,10,13H2,1H3,(H,30,33)/t17-/m0/s1. The number of nitrogens with one attached hydrogen (secondary N) is 1. The highest BCUT2D eigenvalue weighted by Crippen LogP contribution is 2.26. The summed E-state index contributed by atoms with van der Waals surface area (Å²) in [4.78, 5) is 40.4. The lowest BCUT2D eigenvalue weighted by atomic mass is 10.0. The van der Waals surface area contributed by atoms with Crippen molar-refractivity contribution < 1.29 is 23.2 Å². The number of fused-ring (bicyclic) bond motifs is 1. The molecule has 0 aliphatic carbocycles. The molecule has 0 unspecified atom stereocenters. The number of carbonyl (C=O) groups excluding carboxylic acids is 3. The molecule has 1 aliphatic heterocycles. The first-order valence-corrected chi connectivity index (χ1v) is 12.0. The highest BCUT2D eigenvalue weighted by molar-refractivity contribution is 7.12. The Balaban J connectivity index is 1.39. The third-order valence-electron chi connectivity index (χ3n) is 6.02. The van der Waals surface area contributed by atoms with Crippen molar-refractivity contribution in [1.82, 2.24) is 20.0 Å². The number of thiophene rings is 1. The van der Waals surface area contributed by atoms with Crippen LogP contribution in [0.4, 0.5) is 8.78 Å². The van der Waals surface area contributed by atoms with Gasteiger partial charge in [-0.1, -0.05) is 18.2 Å². The molecule has 0 radical (unpaired) electrons. The van der Waals surface area contributed by atoms with Crippen LogP contribution in [0.25, 0.3) is 11.3 Å². The molecule has 3 heterocycles. The van der Waals surface area contributed by atoms with Crippen molar-refractivity contribution in [2.75, 3.05) is 6.54 Å². The number of hydrogen-bond donors (Lipinski definition) is 1. The van der Waals surface area contributed by atoms with Crippen LogP contribution in [0, 0.1) is 11.6 Å². The van der Waals surface area contributed by atoms with E-state index in [0.29, 0.717) is 21.6 Å². The molecular weight excluding hydrogens is 486 g/mol.